The molecule has 1 rings (SSSR count). The lowest BCUT2D eigenvalue weighted by molar-refractivity contribution is 0.595. The summed E-state index contributed by atoms with van der Waals surface area (Å²) in [5.41, 5.74) is 0.467. The predicted molar refractivity (Wildman–Crippen MR) is 61.6 cm³/mol. The first-order valence-electron chi connectivity index (χ1n) is 4.39. The zero-order valence-electron chi connectivity index (χ0n) is 7.98. The molecule has 0 unspecified atom stereocenters. The number of nitriles is 1. The highest BCUT2D eigenvalue weighted by Crippen LogP contribution is 2.13. The summed E-state index contributed by atoms with van der Waals surface area (Å²) in [6.07, 6.45) is 0.586. The molecule has 1 aromatic rings. The molecule has 0 spiro atoms. The van der Waals surface area contributed by atoms with E-state index in [-0.39, 0.29) is 10.6 Å². The van der Waals surface area contributed by atoms with Gasteiger partial charge in [-0.25, -0.2) is 8.42 Å². The minimum atomic E-state index is -3.19. The van der Waals surface area contributed by atoms with Crippen molar-refractivity contribution in [1.29, 1.82) is 5.26 Å². The molecular weight excluding hydrogens is 278 g/mol. The number of benzene rings is 1. The van der Waals surface area contributed by atoms with E-state index in [9.17, 15) is 8.42 Å². The normalized spacial score (nSPS) is 10.9. The first-order valence-corrected chi connectivity index (χ1v) is 7.16. The van der Waals surface area contributed by atoms with Gasteiger partial charge in [0.25, 0.3) is 0 Å². The third kappa shape index (κ3) is 3.33. The Labute approximate surface area is 97.8 Å². The second-order valence-electron chi connectivity index (χ2n) is 3.00. The Kier molecular flexibility index (Phi) is 4.30. The first-order chi connectivity index (χ1) is 7.10. The lowest BCUT2D eigenvalue weighted by Gasteiger charge is -2.02. The molecule has 0 aliphatic rings. The molecule has 0 atom stereocenters. The molecule has 3 nitrogen and oxygen atoms in total. The summed E-state index contributed by atoms with van der Waals surface area (Å²) in [4.78, 5) is 0.280. The molecule has 0 amide bonds. The fourth-order valence-electron chi connectivity index (χ4n) is 1.10. The topological polar surface area (TPSA) is 57.9 Å². The standard InChI is InChI=1S/C10H10BrNO2S/c11-6-1-7-15(13,14)10-4-2-9(8-12)3-5-10/h2-5H,1,6-7H2. The van der Waals surface area contributed by atoms with E-state index in [2.05, 4.69) is 15.9 Å². The van der Waals surface area contributed by atoms with Gasteiger partial charge in [-0.1, -0.05) is 15.9 Å². The predicted octanol–water partition coefficient (Wildman–Crippen LogP) is 2.12. The van der Waals surface area contributed by atoms with Gasteiger partial charge in [-0.3, -0.25) is 0 Å². The Balaban J connectivity index is 2.92. The van der Waals surface area contributed by atoms with Gasteiger partial charge in [-0.15, -0.1) is 0 Å². The van der Waals surface area contributed by atoms with E-state index in [0.717, 1.165) is 0 Å². The van der Waals surface area contributed by atoms with E-state index in [4.69, 9.17) is 5.26 Å². The van der Waals surface area contributed by atoms with Gasteiger partial charge in [-0.2, -0.15) is 5.26 Å². The Morgan fingerprint density at radius 1 is 1.27 bits per heavy atom. The number of hydrogen-bond donors (Lipinski definition) is 0. The van der Waals surface area contributed by atoms with Crippen LogP contribution in [0.2, 0.25) is 0 Å². The van der Waals surface area contributed by atoms with Crippen LogP contribution in [0.5, 0.6) is 0 Å². The fraction of sp³-hybridized carbons (Fsp3) is 0.300. The van der Waals surface area contributed by atoms with E-state index >= 15 is 0 Å². The van der Waals surface area contributed by atoms with Crippen molar-refractivity contribution in [3.63, 3.8) is 0 Å². The van der Waals surface area contributed by atoms with Crippen LogP contribution in [0.4, 0.5) is 0 Å². The molecular formula is C10H10BrNO2S. The Bertz CT molecular complexity index is 459. The molecule has 80 valence electrons. The van der Waals surface area contributed by atoms with E-state index < -0.39 is 9.84 Å². The Morgan fingerprint density at radius 2 is 1.87 bits per heavy atom. The van der Waals surface area contributed by atoms with Crippen LogP contribution < -0.4 is 0 Å². The van der Waals surface area contributed by atoms with E-state index in [1.54, 1.807) is 0 Å². The van der Waals surface area contributed by atoms with Gasteiger partial charge in [0, 0.05) is 5.33 Å². The maximum absolute atomic E-state index is 11.7. The number of alkyl halides is 1. The lowest BCUT2D eigenvalue weighted by atomic mass is 10.2. The van der Waals surface area contributed by atoms with Crippen LogP contribution in [0.15, 0.2) is 29.2 Å². The Hall–Kier alpha value is -0.860. The summed E-state index contributed by atoms with van der Waals surface area (Å²) in [7, 11) is -3.19. The highest BCUT2D eigenvalue weighted by atomic mass is 79.9. The van der Waals surface area contributed by atoms with Crippen molar-refractivity contribution in [1.82, 2.24) is 0 Å². The molecule has 0 N–H and O–H groups in total. The van der Waals surface area contributed by atoms with Gasteiger partial charge in [0.15, 0.2) is 9.84 Å². The zero-order chi connectivity index (χ0) is 11.3. The zero-order valence-corrected chi connectivity index (χ0v) is 10.4. The molecule has 1 aromatic carbocycles. The van der Waals surface area contributed by atoms with Crippen molar-refractivity contribution in [2.75, 3.05) is 11.1 Å². The average molecular weight is 288 g/mol. The molecule has 0 fully saturated rings. The molecule has 0 aliphatic heterocycles. The summed E-state index contributed by atoms with van der Waals surface area (Å²) in [5.74, 6) is 0.129. The summed E-state index contributed by atoms with van der Waals surface area (Å²) in [6, 6.07) is 7.92. The maximum Gasteiger partial charge on any atom is 0.178 e. The number of halogens is 1. The molecule has 0 heterocycles. The minimum absolute atomic E-state index is 0.129. The molecule has 0 radical (unpaired) electrons. The first kappa shape index (κ1) is 12.2. The fourth-order valence-corrected chi connectivity index (χ4v) is 3.06. The van der Waals surface area contributed by atoms with Crippen LogP contribution in [0.3, 0.4) is 0 Å². The van der Waals surface area contributed by atoms with Gasteiger partial charge in [0.2, 0.25) is 0 Å². The van der Waals surface area contributed by atoms with Crippen molar-refractivity contribution >= 4 is 25.8 Å². The van der Waals surface area contributed by atoms with Crippen LogP contribution in [-0.2, 0) is 9.84 Å². The Morgan fingerprint density at radius 3 is 2.33 bits per heavy atom. The third-order valence-corrected chi connectivity index (χ3v) is 4.27. The van der Waals surface area contributed by atoms with Crippen LogP contribution in [0.25, 0.3) is 0 Å². The van der Waals surface area contributed by atoms with Crippen molar-refractivity contribution in [2.45, 2.75) is 11.3 Å². The second-order valence-corrected chi connectivity index (χ2v) is 5.90. The van der Waals surface area contributed by atoms with Crippen LogP contribution in [0.1, 0.15) is 12.0 Å². The van der Waals surface area contributed by atoms with E-state index in [1.165, 1.54) is 24.3 Å². The van der Waals surface area contributed by atoms with Gasteiger partial charge in [0.05, 0.1) is 22.3 Å². The maximum atomic E-state index is 11.7. The summed E-state index contributed by atoms with van der Waals surface area (Å²) in [5, 5.41) is 9.24. The van der Waals surface area contributed by atoms with Crippen LogP contribution in [-0.4, -0.2) is 19.5 Å². The molecule has 0 saturated heterocycles. The smallest absolute Gasteiger partial charge is 0.178 e. The van der Waals surface area contributed by atoms with E-state index in [1.807, 2.05) is 6.07 Å². The summed E-state index contributed by atoms with van der Waals surface area (Å²) in [6.45, 7) is 0. The minimum Gasteiger partial charge on any atom is -0.224 e. The highest BCUT2D eigenvalue weighted by Gasteiger charge is 2.13. The van der Waals surface area contributed by atoms with Crippen LogP contribution in [0, 0.1) is 11.3 Å². The summed E-state index contributed by atoms with van der Waals surface area (Å²) < 4.78 is 23.4. The van der Waals surface area contributed by atoms with Crippen molar-refractivity contribution in [3.05, 3.63) is 29.8 Å². The quantitative estimate of drug-likeness (QED) is 0.797. The number of sulfone groups is 1. The molecule has 15 heavy (non-hydrogen) atoms. The van der Waals surface area contributed by atoms with Crippen molar-refractivity contribution < 1.29 is 8.42 Å². The van der Waals surface area contributed by atoms with Crippen LogP contribution >= 0.6 is 15.9 Å². The highest BCUT2D eigenvalue weighted by molar-refractivity contribution is 9.09. The lowest BCUT2D eigenvalue weighted by Crippen LogP contribution is -2.07. The molecule has 0 aromatic heterocycles. The van der Waals surface area contributed by atoms with Crippen molar-refractivity contribution in [3.8, 4) is 6.07 Å². The van der Waals surface area contributed by atoms with Gasteiger partial charge < -0.3 is 0 Å². The molecule has 0 aliphatic carbocycles. The molecule has 0 saturated carbocycles. The third-order valence-electron chi connectivity index (χ3n) is 1.89. The SMILES string of the molecule is N#Cc1ccc(S(=O)(=O)CCCBr)cc1. The monoisotopic (exact) mass is 287 g/mol. The second kappa shape index (κ2) is 5.29. The van der Waals surface area contributed by atoms with E-state index in [0.29, 0.717) is 17.3 Å². The average Bonchev–Trinajstić information content (AvgIpc) is 2.26. The number of hydrogen-bond acceptors (Lipinski definition) is 3. The number of rotatable bonds is 4. The number of nitrogens with zero attached hydrogens (tertiary/aromatic N) is 1. The van der Waals surface area contributed by atoms with Crippen molar-refractivity contribution in [2.24, 2.45) is 0 Å². The molecule has 5 heteroatoms. The van der Waals surface area contributed by atoms with Gasteiger partial charge in [0.1, 0.15) is 0 Å². The molecule has 0 bridgehead atoms. The largest absolute Gasteiger partial charge is 0.224 e. The van der Waals surface area contributed by atoms with Gasteiger partial charge >= 0.3 is 0 Å². The van der Waals surface area contributed by atoms with Gasteiger partial charge in [-0.05, 0) is 30.7 Å². The summed E-state index contributed by atoms with van der Waals surface area (Å²) >= 11 is 3.19.